The molecule has 2 aliphatic rings. The Balaban J connectivity index is 1.35. The van der Waals surface area contributed by atoms with Gasteiger partial charge in [0.1, 0.15) is 11.8 Å². The van der Waals surface area contributed by atoms with E-state index in [1.54, 1.807) is 12.1 Å². The van der Waals surface area contributed by atoms with Crippen LogP contribution < -0.4 is 0 Å². The third kappa shape index (κ3) is 3.33. The second kappa shape index (κ2) is 7.27. The van der Waals surface area contributed by atoms with E-state index in [-0.39, 0.29) is 5.91 Å². The highest BCUT2D eigenvalue weighted by Gasteiger charge is 2.29. The van der Waals surface area contributed by atoms with Gasteiger partial charge in [0.2, 0.25) is 0 Å². The van der Waals surface area contributed by atoms with Crippen LogP contribution in [0.4, 0.5) is 0 Å². The summed E-state index contributed by atoms with van der Waals surface area (Å²) >= 11 is 0. The van der Waals surface area contributed by atoms with Crippen LogP contribution in [0.5, 0.6) is 0 Å². The number of rotatable bonds is 2. The van der Waals surface area contributed by atoms with Crippen LogP contribution in [0, 0.1) is 11.3 Å². The number of amides is 1. The number of piperazine rings is 1. The average Bonchev–Trinajstić information content (AvgIpc) is 2.73. The first kappa shape index (κ1) is 16.7. The van der Waals surface area contributed by atoms with Crippen molar-refractivity contribution in [3.05, 3.63) is 65.0 Å². The maximum Gasteiger partial charge on any atom is 0.255 e. The molecule has 1 aromatic heterocycles. The quantitative estimate of drug-likeness (QED) is 0.837. The van der Waals surface area contributed by atoms with Gasteiger partial charge in [-0.05, 0) is 42.5 Å². The second-order valence-corrected chi connectivity index (χ2v) is 7.04. The van der Waals surface area contributed by atoms with E-state index in [0.29, 0.717) is 17.3 Å². The van der Waals surface area contributed by atoms with Gasteiger partial charge in [-0.15, -0.1) is 0 Å². The molecule has 132 valence electrons. The Morgan fingerprint density at radius 2 is 1.85 bits per heavy atom. The van der Waals surface area contributed by atoms with E-state index in [4.69, 9.17) is 5.26 Å². The molecule has 0 saturated carbocycles. The number of hydrogen-bond acceptors (Lipinski definition) is 4. The number of benzene rings is 1. The molecule has 1 aliphatic heterocycles. The fraction of sp³-hybridized carbons (Fsp3) is 0.381. The molecule has 0 N–H and O–H groups in total. The molecule has 2 aromatic rings. The fourth-order valence-electron chi connectivity index (χ4n) is 4.05. The molecule has 1 saturated heterocycles. The molecule has 1 amide bonds. The molecule has 5 heteroatoms. The minimum atomic E-state index is 0.00984. The highest BCUT2D eigenvalue weighted by Crippen LogP contribution is 2.25. The van der Waals surface area contributed by atoms with Crippen LogP contribution in [0.2, 0.25) is 0 Å². The van der Waals surface area contributed by atoms with Crippen LogP contribution in [-0.2, 0) is 12.8 Å². The van der Waals surface area contributed by atoms with Gasteiger partial charge < -0.3 is 4.90 Å². The van der Waals surface area contributed by atoms with E-state index in [1.165, 1.54) is 23.7 Å². The summed E-state index contributed by atoms with van der Waals surface area (Å²) in [4.78, 5) is 21.1. The molecule has 4 rings (SSSR count). The lowest BCUT2D eigenvalue weighted by atomic mass is 9.87. The number of nitriles is 1. The summed E-state index contributed by atoms with van der Waals surface area (Å²) in [5, 5.41) is 8.82. The topological polar surface area (TPSA) is 60.2 Å². The first-order valence-corrected chi connectivity index (χ1v) is 9.21. The van der Waals surface area contributed by atoms with Crippen molar-refractivity contribution >= 4 is 5.91 Å². The highest BCUT2D eigenvalue weighted by atomic mass is 16.2. The van der Waals surface area contributed by atoms with Gasteiger partial charge in [-0.1, -0.05) is 24.3 Å². The summed E-state index contributed by atoms with van der Waals surface area (Å²) < 4.78 is 0. The van der Waals surface area contributed by atoms with Gasteiger partial charge in [-0.2, -0.15) is 5.26 Å². The van der Waals surface area contributed by atoms with Gasteiger partial charge in [0.05, 0.1) is 5.56 Å². The maximum absolute atomic E-state index is 12.6. The third-order valence-corrected chi connectivity index (χ3v) is 5.56. The molecule has 2 heterocycles. The van der Waals surface area contributed by atoms with Gasteiger partial charge in [-0.3, -0.25) is 9.69 Å². The molecule has 5 nitrogen and oxygen atoms in total. The Bertz CT molecular complexity index is 832. The minimum absolute atomic E-state index is 0.00984. The normalized spacial score (nSPS) is 20.3. The largest absolute Gasteiger partial charge is 0.336 e. The smallest absolute Gasteiger partial charge is 0.255 e. The molecule has 1 aromatic carbocycles. The zero-order chi connectivity index (χ0) is 17.9. The summed E-state index contributed by atoms with van der Waals surface area (Å²) in [5.41, 5.74) is 3.87. The van der Waals surface area contributed by atoms with E-state index in [1.807, 2.05) is 11.0 Å². The lowest BCUT2D eigenvalue weighted by molar-refractivity contribution is 0.0552. The van der Waals surface area contributed by atoms with Gasteiger partial charge in [-0.25, -0.2) is 4.98 Å². The number of pyridine rings is 1. The molecule has 0 bridgehead atoms. The lowest BCUT2D eigenvalue weighted by Crippen LogP contribution is -2.53. The monoisotopic (exact) mass is 346 g/mol. The van der Waals surface area contributed by atoms with Crippen molar-refractivity contribution < 1.29 is 4.79 Å². The van der Waals surface area contributed by atoms with E-state index < -0.39 is 0 Å². The van der Waals surface area contributed by atoms with Crippen LogP contribution in [0.1, 0.15) is 33.6 Å². The van der Waals surface area contributed by atoms with Crippen LogP contribution in [0.15, 0.2) is 42.6 Å². The Morgan fingerprint density at radius 3 is 2.54 bits per heavy atom. The van der Waals surface area contributed by atoms with Gasteiger partial charge in [0.15, 0.2) is 0 Å². The van der Waals surface area contributed by atoms with Crippen molar-refractivity contribution in [1.29, 1.82) is 5.26 Å². The Morgan fingerprint density at radius 1 is 1.08 bits per heavy atom. The molecular weight excluding hydrogens is 324 g/mol. The molecule has 1 atom stereocenters. The number of hydrogen-bond donors (Lipinski definition) is 0. The standard InChI is InChI=1S/C21H22N4O/c22-14-19-7-5-18(15-23-19)21(26)25-11-9-24(10-12-25)20-8-6-16-3-1-2-4-17(16)13-20/h1-5,7,15,20H,6,8-13H2/t20-/m1/s1. The van der Waals surface area contributed by atoms with E-state index in [2.05, 4.69) is 34.1 Å². The van der Waals surface area contributed by atoms with Gasteiger partial charge in [0, 0.05) is 38.4 Å². The number of carbonyl (C=O) groups excluding carboxylic acids is 1. The highest BCUT2D eigenvalue weighted by molar-refractivity contribution is 5.94. The van der Waals surface area contributed by atoms with Gasteiger partial charge >= 0.3 is 0 Å². The third-order valence-electron chi connectivity index (χ3n) is 5.56. The van der Waals surface area contributed by atoms with E-state index in [9.17, 15) is 4.79 Å². The Labute approximate surface area is 153 Å². The summed E-state index contributed by atoms with van der Waals surface area (Å²) in [6.45, 7) is 3.33. The molecule has 1 fully saturated rings. The number of fused-ring (bicyclic) bond motifs is 1. The molecule has 0 radical (unpaired) electrons. The SMILES string of the molecule is N#Cc1ccc(C(=O)N2CCN([C@@H]3CCc4ccccc4C3)CC2)cn1. The number of carbonyl (C=O) groups is 1. The summed E-state index contributed by atoms with van der Waals surface area (Å²) in [6, 6.07) is 14.6. The van der Waals surface area contributed by atoms with Gasteiger partial charge in [0.25, 0.3) is 5.91 Å². The zero-order valence-corrected chi connectivity index (χ0v) is 14.8. The number of aryl methyl sites for hydroxylation is 1. The average molecular weight is 346 g/mol. The lowest BCUT2D eigenvalue weighted by Gasteiger charge is -2.41. The Hall–Kier alpha value is -2.71. The zero-order valence-electron chi connectivity index (χ0n) is 14.8. The first-order chi connectivity index (χ1) is 12.7. The van der Waals surface area contributed by atoms with Crippen molar-refractivity contribution in [3.8, 4) is 6.07 Å². The van der Waals surface area contributed by atoms with Crippen LogP contribution >= 0.6 is 0 Å². The van der Waals surface area contributed by atoms with Crippen molar-refractivity contribution in [2.75, 3.05) is 26.2 Å². The van der Waals surface area contributed by atoms with Crippen molar-refractivity contribution in [2.45, 2.75) is 25.3 Å². The van der Waals surface area contributed by atoms with Crippen LogP contribution in [0.25, 0.3) is 0 Å². The maximum atomic E-state index is 12.6. The summed E-state index contributed by atoms with van der Waals surface area (Å²) in [5.74, 6) is 0.00984. The molecule has 0 spiro atoms. The second-order valence-electron chi connectivity index (χ2n) is 7.04. The number of aromatic nitrogens is 1. The van der Waals surface area contributed by atoms with Crippen molar-refractivity contribution in [1.82, 2.24) is 14.8 Å². The molecule has 1 aliphatic carbocycles. The van der Waals surface area contributed by atoms with Crippen molar-refractivity contribution in [3.63, 3.8) is 0 Å². The Kier molecular flexibility index (Phi) is 4.68. The summed E-state index contributed by atoms with van der Waals surface area (Å²) in [7, 11) is 0. The predicted octanol–water partition coefficient (Wildman–Crippen LogP) is 2.27. The van der Waals surface area contributed by atoms with E-state index >= 15 is 0 Å². The molecule has 26 heavy (non-hydrogen) atoms. The first-order valence-electron chi connectivity index (χ1n) is 9.21. The van der Waals surface area contributed by atoms with Crippen LogP contribution in [-0.4, -0.2) is 52.9 Å². The van der Waals surface area contributed by atoms with Crippen molar-refractivity contribution in [2.24, 2.45) is 0 Å². The van der Waals surface area contributed by atoms with Crippen LogP contribution in [0.3, 0.4) is 0 Å². The molecule has 0 unspecified atom stereocenters. The van der Waals surface area contributed by atoms with E-state index in [0.717, 1.165) is 39.0 Å². The predicted molar refractivity (Wildman–Crippen MR) is 98.7 cm³/mol. The molecular formula is C21H22N4O. The fourth-order valence-corrected chi connectivity index (χ4v) is 4.05. The minimum Gasteiger partial charge on any atom is -0.336 e. The number of nitrogens with zero attached hydrogens (tertiary/aromatic N) is 4. The summed E-state index contributed by atoms with van der Waals surface area (Å²) in [6.07, 6.45) is 4.97.